The summed E-state index contributed by atoms with van der Waals surface area (Å²) >= 11 is 0. The van der Waals surface area contributed by atoms with Crippen LogP contribution >= 0.6 is 0 Å². The lowest BCUT2D eigenvalue weighted by Gasteiger charge is -2.06. The van der Waals surface area contributed by atoms with E-state index in [1.165, 1.54) is 14.0 Å². The zero-order valence-corrected chi connectivity index (χ0v) is 10.4. The number of benzene rings is 1. The maximum Gasteiger partial charge on any atom is 0.349 e. The number of ether oxygens (including phenoxy) is 3. The van der Waals surface area contributed by atoms with Crippen molar-refractivity contribution in [3.8, 4) is 5.75 Å². The molecule has 2 atom stereocenters. The van der Waals surface area contributed by atoms with Crippen molar-refractivity contribution >= 4 is 11.8 Å². The Bertz CT molecular complexity index is 479. The van der Waals surface area contributed by atoms with E-state index in [0.29, 0.717) is 5.75 Å². The minimum absolute atomic E-state index is 0.352. The lowest BCUT2D eigenvalue weighted by molar-refractivity contribution is -0.150. The quantitative estimate of drug-likeness (QED) is 0.457. The Morgan fingerprint density at radius 2 is 1.83 bits per heavy atom. The van der Waals surface area contributed by atoms with Crippen molar-refractivity contribution in [2.45, 2.75) is 18.6 Å². The van der Waals surface area contributed by atoms with Gasteiger partial charge in [-0.1, -0.05) is 12.1 Å². The number of esters is 1. The molecule has 0 amide bonds. The molecule has 0 aromatic heterocycles. The topological polar surface area (TPSA) is 65.1 Å². The molecule has 0 aliphatic carbocycles. The summed E-state index contributed by atoms with van der Waals surface area (Å²) in [6, 6.07) is 7.02. The molecule has 2 unspecified atom stereocenters. The molecule has 1 fully saturated rings. The van der Waals surface area contributed by atoms with Crippen molar-refractivity contribution in [3.63, 3.8) is 0 Å². The molecule has 1 aliphatic rings. The molecular weight excluding hydrogens is 236 g/mol. The van der Waals surface area contributed by atoms with E-state index in [2.05, 4.69) is 4.74 Å². The van der Waals surface area contributed by atoms with E-state index < -0.39 is 17.7 Å². The summed E-state index contributed by atoms with van der Waals surface area (Å²) in [6.07, 6.45) is -0.576. The third kappa shape index (κ3) is 1.76. The molecule has 0 bridgehead atoms. The van der Waals surface area contributed by atoms with E-state index in [0.717, 1.165) is 5.56 Å². The van der Waals surface area contributed by atoms with Gasteiger partial charge in [0.2, 0.25) is 0 Å². The van der Waals surface area contributed by atoms with Crippen molar-refractivity contribution in [1.29, 1.82) is 0 Å². The standard InChI is InChI=1S/C13H14O5/c1-8(14)13(12(15)17-3)11(18-13)9-4-6-10(16-2)7-5-9/h4-7,11H,1-3H3. The van der Waals surface area contributed by atoms with Gasteiger partial charge in [0.05, 0.1) is 14.2 Å². The summed E-state index contributed by atoms with van der Waals surface area (Å²) in [5.41, 5.74) is -0.722. The summed E-state index contributed by atoms with van der Waals surface area (Å²) in [4.78, 5) is 23.2. The number of hydrogen-bond donors (Lipinski definition) is 0. The van der Waals surface area contributed by atoms with Gasteiger partial charge in [0.25, 0.3) is 5.60 Å². The second-order valence-corrected chi connectivity index (χ2v) is 4.05. The van der Waals surface area contributed by atoms with Gasteiger partial charge in [-0.3, -0.25) is 4.79 Å². The van der Waals surface area contributed by atoms with Crippen LogP contribution in [0.5, 0.6) is 5.75 Å². The highest BCUT2D eigenvalue weighted by Crippen LogP contribution is 2.51. The van der Waals surface area contributed by atoms with Gasteiger partial charge >= 0.3 is 5.97 Å². The molecule has 5 nitrogen and oxygen atoms in total. The molecule has 1 aromatic rings. The zero-order valence-electron chi connectivity index (χ0n) is 10.4. The van der Waals surface area contributed by atoms with Gasteiger partial charge in [0.15, 0.2) is 5.78 Å². The van der Waals surface area contributed by atoms with E-state index in [4.69, 9.17) is 9.47 Å². The van der Waals surface area contributed by atoms with Crippen molar-refractivity contribution in [2.24, 2.45) is 0 Å². The first kappa shape index (κ1) is 12.6. The first-order chi connectivity index (χ1) is 8.56. The Morgan fingerprint density at radius 1 is 1.22 bits per heavy atom. The molecule has 18 heavy (non-hydrogen) atoms. The van der Waals surface area contributed by atoms with E-state index in [-0.39, 0.29) is 5.78 Å². The fourth-order valence-corrected chi connectivity index (χ4v) is 1.95. The van der Waals surface area contributed by atoms with E-state index in [9.17, 15) is 9.59 Å². The number of Topliss-reactive ketones (excluding diaryl/α,β-unsaturated/α-hetero) is 1. The van der Waals surface area contributed by atoms with Crippen LogP contribution in [0.3, 0.4) is 0 Å². The van der Waals surface area contributed by atoms with Gasteiger partial charge in [-0.2, -0.15) is 0 Å². The van der Waals surface area contributed by atoms with Gasteiger partial charge in [-0.05, 0) is 24.6 Å². The summed E-state index contributed by atoms with van der Waals surface area (Å²) in [5, 5.41) is 0. The lowest BCUT2D eigenvalue weighted by atomic mass is 9.96. The molecule has 0 spiro atoms. The Morgan fingerprint density at radius 3 is 2.28 bits per heavy atom. The monoisotopic (exact) mass is 250 g/mol. The van der Waals surface area contributed by atoms with Crippen molar-refractivity contribution < 1.29 is 23.8 Å². The third-order valence-corrected chi connectivity index (χ3v) is 3.05. The van der Waals surface area contributed by atoms with Crippen LogP contribution in [0.15, 0.2) is 24.3 Å². The van der Waals surface area contributed by atoms with E-state index in [1.54, 1.807) is 31.4 Å². The first-order valence-electron chi connectivity index (χ1n) is 5.47. The van der Waals surface area contributed by atoms with Gasteiger partial charge in [0.1, 0.15) is 11.9 Å². The molecule has 5 heteroatoms. The fourth-order valence-electron chi connectivity index (χ4n) is 1.95. The largest absolute Gasteiger partial charge is 0.497 e. The second kappa shape index (κ2) is 4.42. The maximum atomic E-state index is 11.7. The molecule has 96 valence electrons. The van der Waals surface area contributed by atoms with Crippen LogP contribution in [-0.4, -0.2) is 31.6 Å². The fraction of sp³-hybridized carbons (Fsp3) is 0.385. The average molecular weight is 250 g/mol. The smallest absolute Gasteiger partial charge is 0.349 e. The Labute approximate surface area is 105 Å². The van der Waals surface area contributed by atoms with Gasteiger partial charge in [-0.25, -0.2) is 4.79 Å². The van der Waals surface area contributed by atoms with Crippen LogP contribution in [0.4, 0.5) is 0 Å². The molecule has 1 aromatic carbocycles. The normalized spacial score (nSPS) is 25.4. The van der Waals surface area contributed by atoms with Crippen LogP contribution < -0.4 is 4.74 Å². The minimum Gasteiger partial charge on any atom is -0.497 e. The number of epoxide rings is 1. The predicted molar refractivity (Wildman–Crippen MR) is 62.2 cm³/mol. The summed E-state index contributed by atoms with van der Waals surface area (Å²) < 4.78 is 15.0. The SMILES string of the molecule is COC(=O)C1(C(C)=O)OC1c1ccc(OC)cc1. The van der Waals surface area contributed by atoms with Crippen LogP contribution in [0.2, 0.25) is 0 Å². The number of carbonyl (C=O) groups excluding carboxylic acids is 2. The Balaban J connectivity index is 2.26. The minimum atomic E-state index is -1.47. The van der Waals surface area contributed by atoms with Gasteiger partial charge in [0, 0.05) is 0 Å². The van der Waals surface area contributed by atoms with Crippen molar-refractivity contribution in [2.75, 3.05) is 14.2 Å². The van der Waals surface area contributed by atoms with E-state index in [1.807, 2.05) is 0 Å². The molecule has 1 saturated heterocycles. The summed E-state index contributed by atoms with van der Waals surface area (Å²) in [5.74, 6) is -0.308. The number of rotatable bonds is 4. The van der Waals surface area contributed by atoms with Gasteiger partial charge in [-0.15, -0.1) is 0 Å². The number of ketones is 1. The maximum absolute atomic E-state index is 11.7. The molecule has 1 aliphatic heterocycles. The lowest BCUT2D eigenvalue weighted by Crippen LogP contribution is -2.34. The third-order valence-electron chi connectivity index (χ3n) is 3.05. The van der Waals surface area contributed by atoms with Crippen LogP contribution in [0.25, 0.3) is 0 Å². The number of hydrogen-bond acceptors (Lipinski definition) is 5. The van der Waals surface area contributed by atoms with Crippen molar-refractivity contribution in [3.05, 3.63) is 29.8 Å². The predicted octanol–water partition coefficient (Wildman–Crippen LogP) is 1.27. The highest BCUT2D eigenvalue weighted by atomic mass is 16.7. The Kier molecular flexibility index (Phi) is 3.09. The molecule has 0 N–H and O–H groups in total. The van der Waals surface area contributed by atoms with Crippen LogP contribution in [0, 0.1) is 0 Å². The van der Waals surface area contributed by atoms with E-state index >= 15 is 0 Å². The average Bonchev–Trinajstić information content (AvgIpc) is 3.14. The van der Waals surface area contributed by atoms with Crippen LogP contribution in [0.1, 0.15) is 18.6 Å². The highest BCUT2D eigenvalue weighted by Gasteiger charge is 2.68. The highest BCUT2D eigenvalue weighted by molar-refractivity contribution is 6.09. The molecule has 0 radical (unpaired) electrons. The molecular formula is C13H14O5. The first-order valence-corrected chi connectivity index (χ1v) is 5.47. The number of methoxy groups -OCH3 is 2. The molecule has 1 heterocycles. The molecule has 2 rings (SSSR count). The zero-order chi connectivity index (χ0) is 13.3. The Hall–Kier alpha value is -1.88. The summed E-state index contributed by atoms with van der Waals surface area (Å²) in [7, 11) is 2.80. The van der Waals surface area contributed by atoms with Crippen LogP contribution in [-0.2, 0) is 19.1 Å². The number of carbonyl (C=O) groups is 2. The summed E-state index contributed by atoms with van der Waals surface area (Å²) in [6.45, 7) is 1.32. The van der Waals surface area contributed by atoms with Gasteiger partial charge < -0.3 is 14.2 Å². The van der Waals surface area contributed by atoms with Crippen molar-refractivity contribution in [1.82, 2.24) is 0 Å². The second-order valence-electron chi connectivity index (χ2n) is 4.05. The molecule has 0 saturated carbocycles.